The van der Waals surface area contributed by atoms with Crippen molar-refractivity contribution in [3.8, 4) is 0 Å². The summed E-state index contributed by atoms with van der Waals surface area (Å²) in [4.78, 5) is 9.42. The van der Waals surface area contributed by atoms with Gasteiger partial charge >= 0.3 is 0 Å². The number of nitrogens with two attached hydrogens (primary N) is 1. The van der Waals surface area contributed by atoms with Crippen molar-refractivity contribution in [2.75, 3.05) is 0 Å². The molecule has 3 N–H and O–H groups in total. The summed E-state index contributed by atoms with van der Waals surface area (Å²) in [5, 5.41) is 0. The molecule has 6 heteroatoms. The molecule has 0 fully saturated rings. The summed E-state index contributed by atoms with van der Waals surface area (Å²) in [6.45, 7) is 2.96. The van der Waals surface area contributed by atoms with Gasteiger partial charge in [0.15, 0.2) is 0 Å². The van der Waals surface area contributed by atoms with E-state index in [9.17, 15) is 0 Å². The molecule has 0 radical (unpaired) electrons. The van der Waals surface area contributed by atoms with Crippen LogP contribution < -0.4 is 11.3 Å². The Kier molecular flexibility index (Phi) is 3.10. The number of thiazole rings is 1. The molecule has 0 aliphatic carbocycles. The molecule has 0 saturated heterocycles. The van der Waals surface area contributed by atoms with Crippen molar-refractivity contribution in [2.24, 2.45) is 5.84 Å². The average molecular weight is 223 g/mol. The lowest BCUT2D eigenvalue weighted by molar-refractivity contribution is 0.567. The van der Waals surface area contributed by atoms with Crippen molar-refractivity contribution in [1.29, 1.82) is 0 Å². The number of rotatable bonds is 4. The maximum Gasteiger partial charge on any atom is 0.132 e. The lowest BCUT2D eigenvalue weighted by Gasteiger charge is -2.14. The second kappa shape index (κ2) is 4.52. The number of aromatic nitrogens is 3. The van der Waals surface area contributed by atoms with Crippen LogP contribution in [-0.4, -0.2) is 14.5 Å². The Labute approximate surface area is 91.9 Å². The van der Waals surface area contributed by atoms with Crippen molar-refractivity contribution in [1.82, 2.24) is 20.0 Å². The highest BCUT2D eigenvalue weighted by Crippen LogP contribution is 2.22. The monoisotopic (exact) mass is 223 g/mol. The van der Waals surface area contributed by atoms with Crippen LogP contribution in [0.3, 0.4) is 0 Å². The highest BCUT2D eigenvalue weighted by atomic mass is 32.1. The van der Waals surface area contributed by atoms with Gasteiger partial charge in [-0.2, -0.15) is 0 Å². The lowest BCUT2D eigenvalue weighted by atomic mass is 10.2. The molecule has 1 unspecified atom stereocenters. The van der Waals surface area contributed by atoms with Crippen LogP contribution in [0.2, 0.25) is 0 Å². The Morgan fingerprint density at radius 3 is 3.13 bits per heavy atom. The number of imidazole rings is 1. The van der Waals surface area contributed by atoms with Crippen LogP contribution in [0.25, 0.3) is 0 Å². The average Bonchev–Trinajstić information content (AvgIpc) is 2.89. The Hall–Kier alpha value is -1.24. The molecule has 0 bridgehead atoms. The molecular weight excluding hydrogens is 210 g/mol. The van der Waals surface area contributed by atoms with Gasteiger partial charge in [0, 0.05) is 25.1 Å². The molecule has 0 aliphatic heterocycles. The number of hydrazine groups is 1. The summed E-state index contributed by atoms with van der Waals surface area (Å²) in [6, 6.07) is -0.0764. The van der Waals surface area contributed by atoms with E-state index in [-0.39, 0.29) is 6.04 Å². The molecule has 80 valence electrons. The lowest BCUT2D eigenvalue weighted by Crippen LogP contribution is -2.30. The van der Waals surface area contributed by atoms with Gasteiger partial charge in [-0.3, -0.25) is 10.8 Å². The molecule has 2 heterocycles. The fourth-order valence-electron chi connectivity index (χ4n) is 1.50. The van der Waals surface area contributed by atoms with Crippen molar-refractivity contribution in [3.63, 3.8) is 0 Å². The van der Waals surface area contributed by atoms with Gasteiger partial charge in [-0.25, -0.2) is 10.4 Å². The zero-order chi connectivity index (χ0) is 10.7. The van der Waals surface area contributed by atoms with E-state index in [0.29, 0.717) is 0 Å². The van der Waals surface area contributed by atoms with Crippen LogP contribution in [0.4, 0.5) is 0 Å². The first-order chi connectivity index (χ1) is 7.36. The second-order valence-electron chi connectivity index (χ2n) is 3.07. The maximum absolute atomic E-state index is 5.55. The normalized spacial score (nSPS) is 12.9. The molecule has 5 nitrogen and oxygen atoms in total. The van der Waals surface area contributed by atoms with Crippen LogP contribution in [0.1, 0.15) is 23.7 Å². The number of nitrogens with zero attached hydrogens (tertiary/aromatic N) is 3. The Morgan fingerprint density at radius 1 is 1.67 bits per heavy atom. The third-order valence-corrected chi connectivity index (χ3v) is 3.09. The SMILES string of the molecule is CCn1ccnc1C(NN)c1cncs1. The Morgan fingerprint density at radius 2 is 2.53 bits per heavy atom. The van der Waals surface area contributed by atoms with E-state index in [0.717, 1.165) is 17.2 Å². The molecule has 0 aromatic carbocycles. The van der Waals surface area contributed by atoms with E-state index in [1.54, 1.807) is 23.0 Å². The number of hydrogen-bond donors (Lipinski definition) is 2. The van der Waals surface area contributed by atoms with Crippen molar-refractivity contribution < 1.29 is 0 Å². The third kappa shape index (κ3) is 1.92. The smallest absolute Gasteiger partial charge is 0.132 e. The van der Waals surface area contributed by atoms with Gasteiger partial charge in [0.25, 0.3) is 0 Å². The van der Waals surface area contributed by atoms with Gasteiger partial charge in [-0.05, 0) is 6.92 Å². The predicted octanol–water partition coefficient (Wildman–Crippen LogP) is 0.912. The fraction of sp³-hybridized carbons (Fsp3) is 0.333. The Bertz CT molecular complexity index is 408. The minimum Gasteiger partial charge on any atom is -0.334 e. The van der Waals surface area contributed by atoms with Gasteiger partial charge in [0.1, 0.15) is 11.9 Å². The summed E-state index contributed by atoms with van der Waals surface area (Å²) in [5.41, 5.74) is 4.56. The molecule has 2 rings (SSSR count). The first kappa shape index (κ1) is 10.3. The van der Waals surface area contributed by atoms with Crippen molar-refractivity contribution >= 4 is 11.3 Å². The summed E-state index contributed by atoms with van der Waals surface area (Å²) < 4.78 is 2.06. The summed E-state index contributed by atoms with van der Waals surface area (Å²) in [5.74, 6) is 6.47. The molecule has 0 aliphatic rings. The molecule has 2 aromatic rings. The van der Waals surface area contributed by atoms with Crippen molar-refractivity contribution in [3.05, 3.63) is 34.8 Å². The van der Waals surface area contributed by atoms with Crippen molar-refractivity contribution in [2.45, 2.75) is 19.5 Å². The third-order valence-electron chi connectivity index (χ3n) is 2.25. The number of nitrogens with one attached hydrogen (secondary N) is 1. The zero-order valence-corrected chi connectivity index (χ0v) is 9.24. The predicted molar refractivity (Wildman–Crippen MR) is 59.2 cm³/mol. The Balaban J connectivity index is 2.35. The minimum atomic E-state index is -0.0764. The van der Waals surface area contributed by atoms with E-state index in [1.165, 1.54) is 0 Å². The maximum atomic E-state index is 5.55. The summed E-state index contributed by atoms with van der Waals surface area (Å²) >= 11 is 1.57. The van der Waals surface area contributed by atoms with E-state index in [1.807, 2.05) is 12.4 Å². The minimum absolute atomic E-state index is 0.0764. The van der Waals surface area contributed by atoms with Gasteiger partial charge in [-0.15, -0.1) is 11.3 Å². The van der Waals surface area contributed by atoms with Gasteiger partial charge < -0.3 is 4.57 Å². The molecule has 0 saturated carbocycles. The molecule has 15 heavy (non-hydrogen) atoms. The van der Waals surface area contributed by atoms with E-state index >= 15 is 0 Å². The first-order valence-electron chi connectivity index (χ1n) is 4.72. The summed E-state index contributed by atoms with van der Waals surface area (Å²) in [7, 11) is 0. The van der Waals surface area contributed by atoms with E-state index in [2.05, 4.69) is 26.9 Å². The highest BCUT2D eigenvalue weighted by molar-refractivity contribution is 7.09. The standard InChI is InChI=1S/C9H13N5S/c1-2-14-4-3-12-9(14)8(13-10)7-5-11-6-15-7/h3-6,8,13H,2,10H2,1H3. The van der Waals surface area contributed by atoms with E-state index < -0.39 is 0 Å². The molecule has 1 atom stereocenters. The molecule has 0 spiro atoms. The second-order valence-corrected chi connectivity index (χ2v) is 3.99. The quantitative estimate of drug-likeness (QED) is 0.597. The van der Waals surface area contributed by atoms with Crippen LogP contribution >= 0.6 is 11.3 Å². The fourth-order valence-corrected chi connectivity index (χ4v) is 2.18. The number of hydrogen-bond acceptors (Lipinski definition) is 5. The van der Waals surface area contributed by atoms with Crippen LogP contribution in [0.5, 0.6) is 0 Å². The van der Waals surface area contributed by atoms with Crippen LogP contribution in [-0.2, 0) is 6.54 Å². The van der Waals surface area contributed by atoms with E-state index in [4.69, 9.17) is 5.84 Å². The number of aryl methyl sites for hydroxylation is 1. The first-order valence-corrected chi connectivity index (χ1v) is 5.60. The zero-order valence-electron chi connectivity index (χ0n) is 8.42. The topological polar surface area (TPSA) is 68.8 Å². The summed E-state index contributed by atoms with van der Waals surface area (Å²) in [6.07, 6.45) is 5.54. The van der Waals surface area contributed by atoms with Crippen LogP contribution in [0, 0.1) is 0 Å². The molecular formula is C9H13N5S. The largest absolute Gasteiger partial charge is 0.334 e. The van der Waals surface area contributed by atoms with Gasteiger partial charge in [0.05, 0.1) is 10.4 Å². The molecule has 0 amide bonds. The molecule has 2 aromatic heterocycles. The van der Waals surface area contributed by atoms with Gasteiger partial charge in [0.2, 0.25) is 0 Å². The van der Waals surface area contributed by atoms with Gasteiger partial charge in [-0.1, -0.05) is 0 Å². The van der Waals surface area contributed by atoms with Crippen LogP contribution in [0.15, 0.2) is 24.1 Å². The highest BCUT2D eigenvalue weighted by Gasteiger charge is 2.18.